The summed E-state index contributed by atoms with van der Waals surface area (Å²) in [5, 5.41) is 0. The standard InChI is InChI=1S/C19H19NO3/c1-13-12-14(9-10-18(13)23-2)19(22)20-11-5-8-17(21)15-6-3-4-7-16(15)20/h3-4,6-7,9-10,12H,5,8,11H2,1-2H3. The molecule has 0 atom stereocenters. The molecular weight excluding hydrogens is 290 g/mol. The Balaban J connectivity index is 2.00. The molecule has 3 rings (SSSR count). The van der Waals surface area contributed by atoms with E-state index in [4.69, 9.17) is 4.74 Å². The number of fused-ring (bicyclic) bond motifs is 1. The van der Waals surface area contributed by atoms with E-state index in [0.29, 0.717) is 36.2 Å². The first-order chi connectivity index (χ1) is 11.1. The Morgan fingerprint density at radius 2 is 1.96 bits per heavy atom. The van der Waals surface area contributed by atoms with Crippen molar-refractivity contribution >= 4 is 17.4 Å². The van der Waals surface area contributed by atoms with Crippen molar-refractivity contribution in [2.75, 3.05) is 18.6 Å². The van der Waals surface area contributed by atoms with Crippen LogP contribution in [0, 0.1) is 6.92 Å². The van der Waals surface area contributed by atoms with Crippen molar-refractivity contribution in [1.82, 2.24) is 0 Å². The Morgan fingerprint density at radius 3 is 2.70 bits per heavy atom. The highest BCUT2D eigenvalue weighted by atomic mass is 16.5. The van der Waals surface area contributed by atoms with Gasteiger partial charge in [0.15, 0.2) is 5.78 Å². The largest absolute Gasteiger partial charge is 0.496 e. The first-order valence-electron chi connectivity index (χ1n) is 7.70. The highest BCUT2D eigenvalue weighted by Crippen LogP contribution is 2.28. The van der Waals surface area contributed by atoms with E-state index < -0.39 is 0 Å². The zero-order chi connectivity index (χ0) is 16.4. The predicted octanol–water partition coefficient (Wildman–Crippen LogP) is 3.63. The number of para-hydroxylation sites is 1. The monoisotopic (exact) mass is 309 g/mol. The number of amides is 1. The quantitative estimate of drug-likeness (QED) is 0.851. The van der Waals surface area contributed by atoms with Crippen LogP contribution in [0.2, 0.25) is 0 Å². The highest BCUT2D eigenvalue weighted by Gasteiger charge is 2.25. The number of Topliss-reactive ketones (excluding diaryl/α,β-unsaturated/α-hetero) is 1. The van der Waals surface area contributed by atoms with E-state index >= 15 is 0 Å². The summed E-state index contributed by atoms with van der Waals surface area (Å²) in [4.78, 5) is 26.9. The molecule has 0 bridgehead atoms. The minimum atomic E-state index is -0.0853. The third-order valence-corrected chi connectivity index (χ3v) is 4.17. The summed E-state index contributed by atoms with van der Waals surface area (Å²) < 4.78 is 5.25. The third-order valence-electron chi connectivity index (χ3n) is 4.17. The van der Waals surface area contributed by atoms with Gasteiger partial charge >= 0.3 is 0 Å². The van der Waals surface area contributed by atoms with Crippen LogP contribution in [-0.4, -0.2) is 25.3 Å². The fourth-order valence-corrected chi connectivity index (χ4v) is 2.98. The first kappa shape index (κ1) is 15.3. The van der Waals surface area contributed by atoms with Crippen molar-refractivity contribution in [2.24, 2.45) is 0 Å². The number of benzene rings is 2. The molecule has 0 N–H and O–H groups in total. The smallest absolute Gasteiger partial charge is 0.258 e. The van der Waals surface area contributed by atoms with Gasteiger partial charge in [0.25, 0.3) is 5.91 Å². The Hall–Kier alpha value is -2.62. The molecule has 0 fully saturated rings. The van der Waals surface area contributed by atoms with Gasteiger partial charge in [0, 0.05) is 24.1 Å². The molecule has 1 amide bonds. The fraction of sp³-hybridized carbons (Fsp3) is 0.263. The Labute approximate surface area is 135 Å². The van der Waals surface area contributed by atoms with Crippen LogP contribution in [-0.2, 0) is 0 Å². The molecule has 0 unspecified atom stereocenters. The summed E-state index contributed by atoms with van der Waals surface area (Å²) in [6.07, 6.45) is 1.15. The molecule has 4 nitrogen and oxygen atoms in total. The van der Waals surface area contributed by atoms with Crippen molar-refractivity contribution in [3.8, 4) is 5.75 Å². The molecule has 0 spiro atoms. The lowest BCUT2D eigenvalue weighted by Gasteiger charge is -2.23. The van der Waals surface area contributed by atoms with E-state index in [1.807, 2.05) is 31.2 Å². The number of nitrogens with zero attached hydrogens (tertiary/aromatic N) is 1. The molecule has 2 aromatic rings. The maximum absolute atomic E-state index is 12.9. The number of carbonyl (C=O) groups excluding carboxylic acids is 2. The maximum atomic E-state index is 12.9. The second-order valence-electron chi connectivity index (χ2n) is 5.69. The molecular formula is C19H19NO3. The van der Waals surface area contributed by atoms with Crippen LogP contribution in [0.1, 0.15) is 39.1 Å². The van der Waals surface area contributed by atoms with Crippen molar-refractivity contribution in [3.05, 3.63) is 59.2 Å². The topological polar surface area (TPSA) is 46.6 Å². The lowest BCUT2D eigenvalue weighted by molar-refractivity contribution is 0.0973. The predicted molar refractivity (Wildman–Crippen MR) is 89.4 cm³/mol. The summed E-state index contributed by atoms with van der Waals surface area (Å²) in [5.74, 6) is 0.771. The van der Waals surface area contributed by atoms with Gasteiger partial charge in [0.05, 0.1) is 12.8 Å². The molecule has 4 heteroatoms. The van der Waals surface area contributed by atoms with E-state index in [-0.39, 0.29) is 11.7 Å². The number of aryl methyl sites for hydroxylation is 1. The molecule has 1 aliphatic heterocycles. The minimum Gasteiger partial charge on any atom is -0.496 e. The first-order valence-corrected chi connectivity index (χ1v) is 7.70. The lowest BCUT2D eigenvalue weighted by Crippen LogP contribution is -2.31. The van der Waals surface area contributed by atoms with E-state index in [1.54, 1.807) is 30.2 Å². The van der Waals surface area contributed by atoms with E-state index in [1.165, 1.54) is 0 Å². The minimum absolute atomic E-state index is 0.0853. The molecule has 23 heavy (non-hydrogen) atoms. The van der Waals surface area contributed by atoms with Crippen molar-refractivity contribution in [1.29, 1.82) is 0 Å². The summed E-state index contributed by atoms with van der Waals surface area (Å²) >= 11 is 0. The van der Waals surface area contributed by atoms with Crippen LogP contribution in [0.25, 0.3) is 0 Å². The molecule has 1 heterocycles. The second-order valence-corrected chi connectivity index (χ2v) is 5.69. The van der Waals surface area contributed by atoms with Crippen LogP contribution in [0.5, 0.6) is 5.75 Å². The van der Waals surface area contributed by atoms with Crippen molar-refractivity contribution in [3.63, 3.8) is 0 Å². The van der Waals surface area contributed by atoms with Crippen molar-refractivity contribution in [2.45, 2.75) is 19.8 Å². The fourth-order valence-electron chi connectivity index (χ4n) is 2.98. The average molecular weight is 309 g/mol. The zero-order valence-corrected chi connectivity index (χ0v) is 13.3. The Morgan fingerprint density at radius 1 is 1.17 bits per heavy atom. The number of hydrogen-bond acceptors (Lipinski definition) is 3. The zero-order valence-electron chi connectivity index (χ0n) is 13.3. The van der Waals surface area contributed by atoms with E-state index in [2.05, 4.69) is 0 Å². The Kier molecular flexibility index (Phi) is 4.15. The molecule has 0 saturated heterocycles. The maximum Gasteiger partial charge on any atom is 0.258 e. The van der Waals surface area contributed by atoms with Crippen LogP contribution in [0.15, 0.2) is 42.5 Å². The van der Waals surface area contributed by atoms with Gasteiger partial charge in [-0.1, -0.05) is 12.1 Å². The van der Waals surface area contributed by atoms with Crippen molar-refractivity contribution < 1.29 is 14.3 Å². The summed E-state index contributed by atoms with van der Waals surface area (Å²) in [5.41, 5.74) is 2.85. The normalized spacial score (nSPS) is 14.2. The molecule has 0 aromatic heterocycles. The summed E-state index contributed by atoms with van der Waals surface area (Å²) in [6, 6.07) is 12.7. The Bertz CT molecular complexity index is 767. The summed E-state index contributed by atoms with van der Waals surface area (Å²) in [7, 11) is 1.61. The van der Waals surface area contributed by atoms with Gasteiger partial charge in [-0.25, -0.2) is 0 Å². The molecule has 1 aliphatic rings. The van der Waals surface area contributed by atoms with Crippen LogP contribution in [0.3, 0.4) is 0 Å². The molecule has 2 aromatic carbocycles. The number of methoxy groups -OCH3 is 1. The molecule has 118 valence electrons. The number of hydrogen-bond donors (Lipinski definition) is 0. The summed E-state index contributed by atoms with van der Waals surface area (Å²) in [6.45, 7) is 2.46. The number of ether oxygens (including phenoxy) is 1. The van der Waals surface area contributed by atoms with Gasteiger partial charge < -0.3 is 9.64 Å². The van der Waals surface area contributed by atoms with Gasteiger partial charge in [0.1, 0.15) is 5.75 Å². The molecule has 0 aliphatic carbocycles. The van der Waals surface area contributed by atoms with Gasteiger partial charge in [-0.05, 0) is 49.2 Å². The van der Waals surface area contributed by atoms with E-state index in [0.717, 1.165) is 11.3 Å². The molecule has 0 saturated carbocycles. The van der Waals surface area contributed by atoms with Crippen LogP contribution < -0.4 is 9.64 Å². The van der Waals surface area contributed by atoms with Gasteiger partial charge in [-0.15, -0.1) is 0 Å². The second kappa shape index (κ2) is 6.24. The number of anilines is 1. The number of rotatable bonds is 2. The van der Waals surface area contributed by atoms with E-state index in [9.17, 15) is 9.59 Å². The van der Waals surface area contributed by atoms with Crippen LogP contribution in [0.4, 0.5) is 5.69 Å². The molecule has 0 radical (unpaired) electrons. The van der Waals surface area contributed by atoms with Gasteiger partial charge in [0.2, 0.25) is 0 Å². The average Bonchev–Trinajstić information content (AvgIpc) is 2.74. The number of carbonyl (C=O) groups is 2. The SMILES string of the molecule is COc1ccc(C(=O)N2CCCC(=O)c3ccccc32)cc1C. The highest BCUT2D eigenvalue weighted by molar-refractivity contribution is 6.11. The third kappa shape index (κ3) is 2.84. The van der Waals surface area contributed by atoms with Crippen LogP contribution >= 0.6 is 0 Å². The number of ketones is 1. The van der Waals surface area contributed by atoms with Gasteiger partial charge in [-0.3, -0.25) is 9.59 Å². The lowest BCUT2D eigenvalue weighted by atomic mass is 10.1. The van der Waals surface area contributed by atoms with Gasteiger partial charge in [-0.2, -0.15) is 0 Å².